The van der Waals surface area contributed by atoms with E-state index in [9.17, 15) is 18.7 Å². The molecule has 0 unspecified atom stereocenters. The number of amides is 2. The van der Waals surface area contributed by atoms with Crippen molar-refractivity contribution < 1.29 is 23.4 Å². The highest BCUT2D eigenvalue weighted by Gasteiger charge is 2.30. The van der Waals surface area contributed by atoms with Crippen LogP contribution in [-0.4, -0.2) is 51.8 Å². The molecule has 3 aromatic rings. The van der Waals surface area contributed by atoms with Crippen molar-refractivity contribution in [3.8, 4) is 17.0 Å². The number of urea groups is 1. The molecule has 0 saturated carbocycles. The lowest BCUT2D eigenvalue weighted by atomic mass is 9.94. The van der Waals surface area contributed by atoms with E-state index in [0.717, 1.165) is 11.3 Å². The number of carbonyl (C=O) groups excluding carboxylic acids is 1. The molecule has 0 bridgehead atoms. The second kappa shape index (κ2) is 7.77. The molecular formula is C20H20F2N4O3S. The van der Waals surface area contributed by atoms with E-state index < -0.39 is 17.4 Å². The van der Waals surface area contributed by atoms with Crippen LogP contribution in [0, 0.1) is 11.8 Å². The van der Waals surface area contributed by atoms with Gasteiger partial charge in [0.25, 0.3) is 0 Å². The highest BCUT2D eigenvalue weighted by molar-refractivity contribution is 7.23. The number of carbonyl (C=O) groups is 1. The Bertz CT molecular complexity index is 1090. The average Bonchev–Trinajstić information content (AvgIpc) is 3.11. The number of nitrogens with zero attached hydrogens (tertiary/aromatic N) is 3. The second-order valence-corrected chi connectivity index (χ2v) is 8.40. The van der Waals surface area contributed by atoms with Crippen molar-refractivity contribution in [1.82, 2.24) is 14.9 Å². The first-order valence-electron chi connectivity index (χ1n) is 9.36. The van der Waals surface area contributed by atoms with Crippen LogP contribution < -0.4 is 10.1 Å². The van der Waals surface area contributed by atoms with Gasteiger partial charge >= 0.3 is 6.03 Å². The van der Waals surface area contributed by atoms with Crippen molar-refractivity contribution >= 4 is 32.7 Å². The summed E-state index contributed by atoms with van der Waals surface area (Å²) in [5.74, 6) is -1.21. The number of benzene rings is 1. The number of fused-ring (bicyclic) bond motifs is 1. The largest absolute Gasteiger partial charge is 0.479 e. The molecule has 1 fully saturated rings. The zero-order valence-electron chi connectivity index (χ0n) is 16.4. The molecule has 1 saturated heterocycles. The maximum Gasteiger partial charge on any atom is 0.323 e. The predicted octanol–water partition coefficient (Wildman–Crippen LogP) is 4.02. The smallest absolute Gasteiger partial charge is 0.323 e. The minimum absolute atomic E-state index is 0.000805. The number of pyridine rings is 1. The third kappa shape index (κ3) is 3.92. The van der Waals surface area contributed by atoms with E-state index in [4.69, 9.17) is 4.74 Å². The molecule has 2 N–H and O–H groups in total. The Labute approximate surface area is 175 Å². The normalized spacial score (nSPS) is 16.0. The number of nitrogens with one attached hydrogen (secondary N) is 1. The number of likely N-dealkylation sites (tertiary alicyclic amines) is 1. The summed E-state index contributed by atoms with van der Waals surface area (Å²) in [6.07, 6.45) is 0.968. The average molecular weight is 434 g/mol. The second-order valence-electron chi connectivity index (χ2n) is 7.40. The lowest BCUT2D eigenvalue weighted by Crippen LogP contribution is -2.46. The van der Waals surface area contributed by atoms with Crippen molar-refractivity contribution in [2.24, 2.45) is 0 Å². The Morgan fingerprint density at radius 3 is 2.53 bits per heavy atom. The van der Waals surface area contributed by atoms with Crippen molar-refractivity contribution in [1.29, 1.82) is 0 Å². The predicted molar refractivity (Wildman–Crippen MR) is 110 cm³/mol. The van der Waals surface area contributed by atoms with Crippen LogP contribution in [0.25, 0.3) is 21.3 Å². The summed E-state index contributed by atoms with van der Waals surface area (Å²) < 4.78 is 33.7. The number of methoxy groups -OCH3 is 1. The van der Waals surface area contributed by atoms with E-state index in [1.165, 1.54) is 31.4 Å². The first-order valence-corrected chi connectivity index (χ1v) is 10.2. The van der Waals surface area contributed by atoms with E-state index in [1.54, 1.807) is 11.8 Å². The molecule has 4 rings (SSSR count). The SMILES string of the molecule is COc1nc(F)c(-c2ccc(F)cc2)c2sc(NC(=O)N3CCC(C)(O)CC3)nc12. The van der Waals surface area contributed by atoms with Gasteiger partial charge in [-0.1, -0.05) is 23.5 Å². The number of anilines is 1. The molecule has 1 aliphatic heterocycles. The van der Waals surface area contributed by atoms with Crippen LogP contribution in [0.3, 0.4) is 0 Å². The molecule has 10 heteroatoms. The van der Waals surface area contributed by atoms with Crippen molar-refractivity contribution in [2.45, 2.75) is 25.4 Å². The van der Waals surface area contributed by atoms with E-state index in [-0.39, 0.29) is 22.6 Å². The highest BCUT2D eigenvalue weighted by atomic mass is 32.1. The summed E-state index contributed by atoms with van der Waals surface area (Å²) in [6.45, 7) is 2.59. The fourth-order valence-corrected chi connectivity index (χ4v) is 4.35. The van der Waals surface area contributed by atoms with Gasteiger partial charge in [-0.2, -0.15) is 9.37 Å². The van der Waals surface area contributed by atoms with E-state index in [1.807, 2.05) is 0 Å². The van der Waals surface area contributed by atoms with Crippen molar-refractivity contribution in [2.75, 3.05) is 25.5 Å². The van der Waals surface area contributed by atoms with Gasteiger partial charge in [-0.3, -0.25) is 5.32 Å². The number of hydrogen-bond donors (Lipinski definition) is 2. The number of piperidine rings is 1. The monoisotopic (exact) mass is 434 g/mol. The fourth-order valence-electron chi connectivity index (χ4n) is 3.35. The zero-order valence-corrected chi connectivity index (χ0v) is 17.2. The van der Waals surface area contributed by atoms with Gasteiger partial charge in [-0.05, 0) is 37.5 Å². The number of ether oxygens (including phenoxy) is 1. The first kappa shape index (κ1) is 20.4. The van der Waals surface area contributed by atoms with Crippen molar-refractivity contribution in [3.05, 3.63) is 36.0 Å². The molecule has 0 aliphatic carbocycles. The van der Waals surface area contributed by atoms with E-state index >= 15 is 0 Å². The maximum absolute atomic E-state index is 14.8. The molecule has 1 aliphatic rings. The number of aromatic nitrogens is 2. The van der Waals surface area contributed by atoms with Gasteiger partial charge in [0.2, 0.25) is 11.8 Å². The summed E-state index contributed by atoms with van der Waals surface area (Å²) in [6, 6.07) is 5.04. The Morgan fingerprint density at radius 1 is 1.23 bits per heavy atom. The first-order chi connectivity index (χ1) is 14.3. The van der Waals surface area contributed by atoms with E-state index in [2.05, 4.69) is 15.3 Å². The Hall–Kier alpha value is -2.85. The molecule has 0 atom stereocenters. The molecule has 30 heavy (non-hydrogen) atoms. The summed E-state index contributed by atoms with van der Waals surface area (Å²) in [5.41, 5.74) is 0.138. The van der Waals surface area contributed by atoms with Crippen LogP contribution in [0.1, 0.15) is 19.8 Å². The molecule has 2 amide bonds. The number of hydrogen-bond acceptors (Lipinski definition) is 6. The molecule has 3 heterocycles. The van der Waals surface area contributed by atoms with Crippen LogP contribution in [-0.2, 0) is 0 Å². The molecule has 2 aromatic heterocycles. The minimum atomic E-state index is -0.772. The molecule has 0 radical (unpaired) electrons. The molecule has 158 valence electrons. The Morgan fingerprint density at radius 2 is 1.90 bits per heavy atom. The third-order valence-electron chi connectivity index (χ3n) is 5.13. The highest BCUT2D eigenvalue weighted by Crippen LogP contribution is 2.40. The van der Waals surface area contributed by atoms with E-state index in [0.29, 0.717) is 41.7 Å². The fraction of sp³-hybridized carbons (Fsp3) is 0.350. The Balaban J connectivity index is 1.68. The summed E-state index contributed by atoms with van der Waals surface area (Å²) in [5, 5.41) is 13.0. The number of aliphatic hydroxyl groups is 1. The summed E-state index contributed by atoms with van der Waals surface area (Å²) in [7, 11) is 1.36. The molecule has 7 nitrogen and oxygen atoms in total. The summed E-state index contributed by atoms with van der Waals surface area (Å²) in [4.78, 5) is 22.4. The van der Waals surface area contributed by atoms with Crippen molar-refractivity contribution in [3.63, 3.8) is 0 Å². The van der Waals surface area contributed by atoms with Gasteiger partial charge in [-0.15, -0.1) is 0 Å². The van der Waals surface area contributed by atoms with Gasteiger partial charge in [-0.25, -0.2) is 14.2 Å². The third-order valence-corrected chi connectivity index (χ3v) is 6.12. The Kier molecular flexibility index (Phi) is 5.29. The van der Waals surface area contributed by atoms with Gasteiger partial charge in [0.05, 0.1) is 23.0 Å². The van der Waals surface area contributed by atoms with Crippen LogP contribution in [0.15, 0.2) is 24.3 Å². The quantitative estimate of drug-likeness (QED) is 0.608. The molecule has 0 spiro atoms. The van der Waals surface area contributed by atoms with Crippen LogP contribution in [0.4, 0.5) is 18.7 Å². The number of thiazole rings is 1. The standard InChI is InChI=1S/C20H20F2N4O3S/c1-20(28)7-9-26(10-8-20)19(27)25-18-23-14-15(30-18)13(16(22)24-17(14)29-2)11-3-5-12(21)6-4-11/h3-6,28H,7-10H2,1-2H3,(H,23,25,27). The lowest BCUT2D eigenvalue weighted by Gasteiger charge is -2.35. The van der Waals surface area contributed by atoms with Crippen LogP contribution >= 0.6 is 11.3 Å². The van der Waals surface area contributed by atoms with Gasteiger partial charge < -0.3 is 14.7 Å². The topological polar surface area (TPSA) is 87.6 Å². The number of halogens is 2. The lowest BCUT2D eigenvalue weighted by molar-refractivity contribution is 0.00570. The van der Waals surface area contributed by atoms with Gasteiger partial charge in [0, 0.05) is 13.1 Å². The number of rotatable bonds is 3. The van der Waals surface area contributed by atoms with Crippen LogP contribution in [0.5, 0.6) is 5.88 Å². The van der Waals surface area contributed by atoms with Gasteiger partial charge in [0.1, 0.15) is 11.3 Å². The van der Waals surface area contributed by atoms with Crippen LogP contribution in [0.2, 0.25) is 0 Å². The summed E-state index contributed by atoms with van der Waals surface area (Å²) >= 11 is 1.09. The maximum atomic E-state index is 14.8. The molecule has 1 aromatic carbocycles. The van der Waals surface area contributed by atoms with Gasteiger partial charge in [0.15, 0.2) is 5.13 Å². The zero-order chi connectivity index (χ0) is 21.5. The minimum Gasteiger partial charge on any atom is -0.479 e. The molecular weight excluding hydrogens is 414 g/mol.